The monoisotopic (exact) mass is 552 g/mol. The summed E-state index contributed by atoms with van der Waals surface area (Å²) in [5.74, 6) is -0.620. The zero-order valence-corrected chi connectivity index (χ0v) is 23.1. The second-order valence-electron chi connectivity index (χ2n) is 9.92. The number of halogens is 1. The Labute approximate surface area is 239 Å². The fraction of sp³-hybridized carbons (Fsp3) is 0.212. The first kappa shape index (κ1) is 27.7. The number of methoxy groups -OCH3 is 1. The van der Waals surface area contributed by atoms with Crippen molar-refractivity contribution < 1.29 is 18.7 Å². The molecule has 8 heteroatoms. The van der Waals surface area contributed by atoms with Crippen molar-refractivity contribution in [1.82, 2.24) is 5.32 Å². The summed E-state index contributed by atoms with van der Waals surface area (Å²) in [7, 11) is 1.67. The number of anilines is 3. The first-order valence-corrected chi connectivity index (χ1v) is 13.6. The topological polar surface area (TPSA) is 73.9 Å². The Balaban J connectivity index is 1.39. The Morgan fingerprint density at radius 3 is 2.10 bits per heavy atom. The van der Waals surface area contributed by atoms with Crippen LogP contribution in [0.4, 0.5) is 21.5 Å². The standard InChI is InChI=1S/C33H33FN4O3/c1-23(24-10-4-3-5-11-24)35-33(40)27-22-25(36-32(39)26-12-6-7-13-28(26)34)16-17-29(27)37-18-20-38(21-19-37)30-14-8-9-15-31(30)41-2/h3-17,22-23H,18-21H2,1-2H3,(H,35,40)(H,36,39). The summed E-state index contributed by atoms with van der Waals surface area (Å²) in [5, 5.41) is 5.85. The van der Waals surface area contributed by atoms with E-state index in [2.05, 4.69) is 20.4 Å². The predicted octanol–water partition coefficient (Wildman–Crippen LogP) is 5.90. The van der Waals surface area contributed by atoms with Gasteiger partial charge in [-0.05, 0) is 55.0 Å². The molecule has 0 aromatic heterocycles. The molecule has 4 aromatic carbocycles. The van der Waals surface area contributed by atoms with Gasteiger partial charge in [0, 0.05) is 37.6 Å². The van der Waals surface area contributed by atoms with Gasteiger partial charge in [-0.25, -0.2) is 4.39 Å². The third-order valence-corrected chi connectivity index (χ3v) is 7.31. The highest BCUT2D eigenvalue weighted by molar-refractivity contribution is 6.06. The van der Waals surface area contributed by atoms with Crippen molar-refractivity contribution >= 4 is 28.9 Å². The molecule has 2 N–H and O–H groups in total. The van der Waals surface area contributed by atoms with Crippen LogP contribution in [0.5, 0.6) is 5.75 Å². The third-order valence-electron chi connectivity index (χ3n) is 7.31. The van der Waals surface area contributed by atoms with E-state index in [1.54, 1.807) is 25.3 Å². The van der Waals surface area contributed by atoms with Gasteiger partial charge >= 0.3 is 0 Å². The largest absolute Gasteiger partial charge is 0.495 e. The van der Waals surface area contributed by atoms with Gasteiger partial charge in [-0.2, -0.15) is 0 Å². The SMILES string of the molecule is COc1ccccc1N1CCN(c2ccc(NC(=O)c3ccccc3F)cc2C(=O)NC(C)c2ccccc2)CC1. The van der Waals surface area contributed by atoms with Crippen molar-refractivity contribution in [3.8, 4) is 5.75 Å². The number of carbonyl (C=O) groups excluding carboxylic acids is 2. The molecule has 2 amide bonds. The van der Waals surface area contributed by atoms with Gasteiger partial charge in [-0.15, -0.1) is 0 Å². The van der Waals surface area contributed by atoms with Crippen LogP contribution in [-0.4, -0.2) is 45.1 Å². The number of para-hydroxylation sites is 2. The van der Waals surface area contributed by atoms with Gasteiger partial charge in [0.1, 0.15) is 11.6 Å². The average molecular weight is 553 g/mol. The van der Waals surface area contributed by atoms with Gasteiger partial charge in [-0.1, -0.05) is 54.6 Å². The van der Waals surface area contributed by atoms with Crippen molar-refractivity contribution in [2.24, 2.45) is 0 Å². The van der Waals surface area contributed by atoms with E-state index in [1.165, 1.54) is 18.2 Å². The lowest BCUT2D eigenvalue weighted by atomic mass is 10.1. The van der Waals surface area contributed by atoms with Crippen LogP contribution < -0.4 is 25.2 Å². The number of nitrogens with one attached hydrogen (secondary N) is 2. The van der Waals surface area contributed by atoms with Gasteiger partial charge in [0.05, 0.1) is 30.0 Å². The Kier molecular flexibility index (Phi) is 8.48. The van der Waals surface area contributed by atoms with E-state index in [9.17, 15) is 14.0 Å². The molecule has 4 aromatic rings. The quantitative estimate of drug-likeness (QED) is 0.285. The van der Waals surface area contributed by atoms with E-state index in [4.69, 9.17) is 4.74 Å². The van der Waals surface area contributed by atoms with Gasteiger partial charge in [0.2, 0.25) is 0 Å². The molecule has 1 aliphatic rings. The van der Waals surface area contributed by atoms with Crippen molar-refractivity contribution in [1.29, 1.82) is 0 Å². The number of benzene rings is 4. The van der Waals surface area contributed by atoms with E-state index in [0.717, 1.165) is 35.8 Å². The van der Waals surface area contributed by atoms with Crippen LogP contribution in [-0.2, 0) is 0 Å². The van der Waals surface area contributed by atoms with Crippen LogP contribution in [0, 0.1) is 5.82 Å². The summed E-state index contributed by atoms with van der Waals surface area (Å²) in [6.45, 7) is 4.80. The van der Waals surface area contributed by atoms with Gasteiger partial charge < -0.3 is 25.2 Å². The molecule has 5 rings (SSSR count). The molecule has 210 valence electrons. The van der Waals surface area contributed by atoms with E-state index >= 15 is 0 Å². The fourth-order valence-corrected chi connectivity index (χ4v) is 5.09. The molecule has 1 saturated heterocycles. The summed E-state index contributed by atoms with van der Waals surface area (Å²) in [6.07, 6.45) is 0. The minimum atomic E-state index is -0.607. The molecule has 1 aliphatic heterocycles. The summed E-state index contributed by atoms with van der Waals surface area (Å²) in [4.78, 5) is 30.9. The number of ether oxygens (including phenoxy) is 1. The zero-order valence-electron chi connectivity index (χ0n) is 23.1. The molecule has 0 saturated carbocycles. The summed E-state index contributed by atoms with van der Waals surface area (Å²) in [6, 6.07) is 28.5. The second kappa shape index (κ2) is 12.6. The predicted molar refractivity (Wildman–Crippen MR) is 161 cm³/mol. The highest BCUT2D eigenvalue weighted by Gasteiger charge is 2.25. The maximum absolute atomic E-state index is 14.2. The molecular formula is C33H33FN4O3. The summed E-state index contributed by atoms with van der Waals surface area (Å²) < 4.78 is 19.8. The Bertz CT molecular complexity index is 1520. The summed E-state index contributed by atoms with van der Waals surface area (Å²) >= 11 is 0. The van der Waals surface area contributed by atoms with Crippen molar-refractivity contribution in [2.45, 2.75) is 13.0 Å². The first-order chi connectivity index (χ1) is 19.9. The number of hydrogen-bond acceptors (Lipinski definition) is 5. The summed E-state index contributed by atoms with van der Waals surface area (Å²) in [5.41, 5.74) is 3.57. The van der Waals surface area contributed by atoms with Gasteiger partial charge in [-0.3, -0.25) is 9.59 Å². The molecule has 1 fully saturated rings. The lowest BCUT2D eigenvalue weighted by Crippen LogP contribution is -2.47. The van der Waals surface area contributed by atoms with E-state index < -0.39 is 11.7 Å². The average Bonchev–Trinajstić information content (AvgIpc) is 3.01. The molecule has 1 unspecified atom stereocenters. The molecule has 1 heterocycles. The van der Waals surface area contributed by atoms with Crippen LogP contribution >= 0.6 is 0 Å². The van der Waals surface area contributed by atoms with Crippen molar-refractivity contribution in [2.75, 3.05) is 48.4 Å². The molecule has 0 radical (unpaired) electrons. The lowest BCUT2D eigenvalue weighted by Gasteiger charge is -2.38. The molecule has 41 heavy (non-hydrogen) atoms. The minimum absolute atomic E-state index is 0.0623. The molecule has 0 spiro atoms. The zero-order chi connectivity index (χ0) is 28.8. The number of hydrogen-bond donors (Lipinski definition) is 2. The second-order valence-corrected chi connectivity index (χ2v) is 9.92. The van der Waals surface area contributed by atoms with E-state index in [-0.39, 0.29) is 17.5 Å². The Morgan fingerprint density at radius 2 is 1.39 bits per heavy atom. The molecule has 1 atom stereocenters. The number of nitrogens with zero attached hydrogens (tertiary/aromatic N) is 2. The van der Waals surface area contributed by atoms with Crippen LogP contribution in [0.15, 0.2) is 97.1 Å². The number of rotatable bonds is 8. The molecule has 7 nitrogen and oxygen atoms in total. The van der Waals surface area contributed by atoms with Crippen LogP contribution in [0.3, 0.4) is 0 Å². The van der Waals surface area contributed by atoms with Crippen LogP contribution in [0.1, 0.15) is 39.2 Å². The van der Waals surface area contributed by atoms with E-state index in [0.29, 0.717) is 24.3 Å². The van der Waals surface area contributed by atoms with Gasteiger partial charge in [0.15, 0.2) is 0 Å². The maximum atomic E-state index is 14.2. The number of amides is 2. The molecular weight excluding hydrogens is 519 g/mol. The van der Waals surface area contributed by atoms with Crippen LogP contribution in [0.2, 0.25) is 0 Å². The normalized spacial score (nSPS) is 13.8. The Morgan fingerprint density at radius 1 is 0.756 bits per heavy atom. The highest BCUT2D eigenvalue weighted by Crippen LogP contribution is 2.31. The number of piperazine rings is 1. The lowest BCUT2D eigenvalue weighted by molar-refractivity contribution is 0.0939. The fourth-order valence-electron chi connectivity index (χ4n) is 5.09. The number of carbonyl (C=O) groups is 2. The van der Waals surface area contributed by atoms with Crippen molar-refractivity contribution in [3.05, 3.63) is 120 Å². The third kappa shape index (κ3) is 6.32. The maximum Gasteiger partial charge on any atom is 0.258 e. The first-order valence-electron chi connectivity index (χ1n) is 13.6. The Hall–Kier alpha value is -4.85. The van der Waals surface area contributed by atoms with Gasteiger partial charge in [0.25, 0.3) is 11.8 Å². The van der Waals surface area contributed by atoms with Crippen molar-refractivity contribution in [3.63, 3.8) is 0 Å². The minimum Gasteiger partial charge on any atom is -0.495 e. The molecule has 0 bridgehead atoms. The highest BCUT2D eigenvalue weighted by atomic mass is 19.1. The van der Waals surface area contributed by atoms with E-state index in [1.807, 2.05) is 67.6 Å². The smallest absolute Gasteiger partial charge is 0.258 e. The van der Waals surface area contributed by atoms with Crippen LogP contribution in [0.25, 0.3) is 0 Å². The molecule has 0 aliphatic carbocycles.